The topological polar surface area (TPSA) is 29.5 Å². The van der Waals surface area contributed by atoms with Gasteiger partial charge in [0.25, 0.3) is 0 Å². The van der Waals surface area contributed by atoms with Gasteiger partial charge in [-0.25, -0.2) is 0 Å². The summed E-state index contributed by atoms with van der Waals surface area (Å²) in [4.78, 5) is 0. The van der Waals surface area contributed by atoms with Crippen LogP contribution in [0.5, 0.6) is 0 Å². The Morgan fingerprint density at radius 3 is 2.14 bits per heavy atom. The Hall–Kier alpha value is 0.137. The van der Waals surface area contributed by atoms with Crippen molar-refractivity contribution in [2.24, 2.45) is 5.92 Å². The van der Waals surface area contributed by atoms with E-state index in [9.17, 15) is 0 Å². The first-order valence-corrected chi connectivity index (χ1v) is 8.36. The molecule has 3 heteroatoms. The van der Waals surface area contributed by atoms with Gasteiger partial charge in [-0.2, -0.15) is 0 Å². The molecule has 0 unspecified atom stereocenters. The van der Waals surface area contributed by atoms with Crippen molar-refractivity contribution in [3.05, 3.63) is 0 Å². The predicted octanol–water partition coefficient (Wildman–Crippen LogP) is 3.03. The molecule has 0 aromatic heterocycles. The molecule has 1 N–H and O–H groups in total. The van der Waals surface area contributed by atoms with Gasteiger partial charge in [0.15, 0.2) is 8.32 Å². The van der Waals surface area contributed by atoms with Crippen LogP contribution in [0.2, 0.25) is 18.1 Å². The maximum absolute atomic E-state index is 8.78. The van der Waals surface area contributed by atoms with Crippen LogP contribution in [0.3, 0.4) is 0 Å². The second-order valence-electron chi connectivity index (χ2n) is 5.69. The molecular weight excluding hydrogens is 192 g/mol. The van der Waals surface area contributed by atoms with Crippen molar-refractivity contribution in [1.82, 2.24) is 0 Å². The SMILES string of the molecule is C[C@H](CCO)CO[Si](C)(C)C(C)(C)C. The first-order valence-electron chi connectivity index (χ1n) is 5.45. The van der Waals surface area contributed by atoms with Crippen LogP contribution in [-0.2, 0) is 4.43 Å². The van der Waals surface area contributed by atoms with Crippen molar-refractivity contribution in [1.29, 1.82) is 0 Å². The van der Waals surface area contributed by atoms with Crippen molar-refractivity contribution >= 4 is 8.32 Å². The zero-order valence-corrected chi connectivity index (χ0v) is 11.6. The van der Waals surface area contributed by atoms with Gasteiger partial charge >= 0.3 is 0 Å². The summed E-state index contributed by atoms with van der Waals surface area (Å²) in [5.74, 6) is 0.467. The molecule has 0 aliphatic carbocycles. The summed E-state index contributed by atoms with van der Waals surface area (Å²) in [5, 5.41) is 9.07. The van der Waals surface area contributed by atoms with E-state index >= 15 is 0 Å². The summed E-state index contributed by atoms with van der Waals surface area (Å²) in [6.45, 7) is 14.4. The van der Waals surface area contributed by atoms with Crippen LogP contribution in [0, 0.1) is 5.92 Å². The van der Waals surface area contributed by atoms with E-state index in [4.69, 9.17) is 9.53 Å². The minimum atomic E-state index is -1.58. The van der Waals surface area contributed by atoms with E-state index in [1.807, 2.05) is 0 Å². The third-order valence-corrected chi connectivity index (χ3v) is 7.66. The smallest absolute Gasteiger partial charge is 0.191 e. The molecule has 0 aromatic rings. The van der Waals surface area contributed by atoms with Crippen LogP contribution >= 0.6 is 0 Å². The van der Waals surface area contributed by atoms with Crippen LogP contribution in [0.15, 0.2) is 0 Å². The van der Waals surface area contributed by atoms with Gasteiger partial charge in [0.05, 0.1) is 0 Å². The molecule has 14 heavy (non-hydrogen) atoms. The lowest BCUT2D eigenvalue weighted by atomic mass is 10.1. The second kappa shape index (κ2) is 5.28. The molecule has 0 spiro atoms. The molecule has 86 valence electrons. The van der Waals surface area contributed by atoms with Gasteiger partial charge in [0.2, 0.25) is 0 Å². The highest BCUT2D eigenvalue weighted by molar-refractivity contribution is 6.74. The van der Waals surface area contributed by atoms with E-state index in [1.54, 1.807) is 0 Å². The predicted molar refractivity (Wildman–Crippen MR) is 64.0 cm³/mol. The Labute approximate surface area is 89.8 Å². The van der Waals surface area contributed by atoms with E-state index in [0.29, 0.717) is 5.92 Å². The largest absolute Gasteiger partial charge is 0.417 e. The maximum Gasteiger partial charge on any atom is 0.191 e. The van der Waals surface area contributed by atoms with Crippen LogP contribution in [0.1, 0.15) is 34.1 Å². The van der Waals surface area contributed by atoms with Gasteiger partial charge in [-0.1, -0.05) is 27.7 Å². The number of hydrogen-bond acceptors (Lipinski definition) is 2. The minimum absolute atomic E-state index is 0.266. The van der Waals surface area contributed by atoms with Crippen molar-refractivity contribution in [2.75, 3.05) is 13.2 Å². The lowest BCUT2D eigenvalue weighted by molar-refractivity contribution is 0.196. The quantitative estimate of drug-likeness (QED) is 0.719. The second-order valence-corrected chi connectivity index (χ2v) is 10.5. The Balaban J connectivity index is 3.99. The molecule has 0 fully saturated rings. The van der Waals surface area contributed by atoms with E-state index in [0.717, 1.165) is 13.0 Å². The molecule has 1 atom stereocenters. The standard InChI is InChI=1S/C11H26O2Si/c1-10(7-8-12)9-13-14(5,6)11(2,3)4/h10,12H,7-9H2,1-6H3/t10-/m1/s1. The highest BCUT2D eigenvalue weighted by Crippen LogP contribution is 2.36. The molecule has 0 bridgehead atoms. The molecule has 0 aromatic carbocycles. The van der Waals surface area contributed by atoms with Gasteiger partial charge in [-0.3, -0.25) is 0 Å². The third-order valence-electron chi connectivity index (χ3n) is 3.16. The molecule has 0 aliphatic heterocycles. The van der Waals surface area contributed by atoms with E-state index in [-0.39, 0.29) is 11.6 Å². The molecule has 0 saturated heterocycles. The Morgan fingerprint density at radius 1 is 1.29 bits per heavy atom. The van der Waals surface area contributed by atoms with Crippen LogP contribution < -0.4 is 0 Å². The summed E-state index contributed by atoms with van der Waals surface area (Å²) in [7, 11) is -1.58. The Kier molecular flexibility index (Phi) is 5.34. The maximum atomic E-state index is 8.78. The Bertz CT molecular complexity index is 161. The normalized spacial score (nSPS) is 15.6. The zero-order chi connectivity index (χ0) is 11.4. The molecule has 0 saturated carbocycles. The van der Waals surface area contributed by atoms with E-state index < -0.39 is 8.32 Å². The number of hydrogen-bond donors (Lipinski definition) is 1. The van der Waals surface area contributed by atoms with Crippen LogP contribution in [0.25, 0.3) is 0 Å². The summed E-state index contributed by atoms with van der Waals surface area (Å²) in [5.41, 5.74) is 0. The highest BCUT2D eigenvalue weighted by atomic mass is 28.4. The van der Waals surface area contributed by atoms with Gasteiger partial charge < -0.3 is 9.53 Å². The van der Waals surface area contributed by atoms with Crippen molar-refractivity contribution in [3.8, 4) is 0 Å². The first kappa shape index (κ1) is 14.1. The van der Waals surface area contributed by atoms with Gasteiger partial charge in [0, 0.05) is 13.2 Å². The number of aliphatic hydroxyl groups is 1. The molecular formula is C11H26O2Si. The van der Waals surface area contributed by atoms with Crippen molar-refractivity contribution in [3.63, 3.8) is 0 Å². The van der Waals surface area contributed by atoms with E-state index in [1.165, 1.54) is 0 Å². The number of rotatable bonds is 5. The fraction of sp³-hybridized carbons (Fsp3) is 1.00. The lowest BCUT2D eigenvalue weighted by Gasteiger charge is -2.37. The van der Waals surface area contributed by atoms with Gasteiger partial charge in [-0.05, 0) is 30.5 Å². The Morgan fingerprint density at radius 2 is 1.79 bits per heavy atom. The van der Waals surface area contributed by atoms with Crippen LogP contribution in [0.4, 0.5) is 0 Å². The average Bonchev–Trinajstić information content (AvgIpc) is 1.99. The summed E-state index contributed by atoms with van der Waals surface area (Å²) in [6, 6.07) is 0. The molecule has 0 heterocycles. The van der Waals surface area contributed by atoms with Gasteiger partial charge in [-0.15, -0.1) is 0 Å². The zero-order valence-electron chi connectivity index (χ0n) is 10.6. The van der Waals surface area contributed by atoms with Crippen LogP contribution in [-0.4, -0.2) is 26.6 Å². The molecule has 0 amide bonds. The molecule has 0 radical (unpaired) electrons. The van der Waals surface area contributed by atoms with Gasteiger partial charge in [0.1, 0.15) is 0 Å². The monoisotopic (exact) mass is 218 g/mol. The molecule has 0 aliphatic rings. The van der Waals surface area contributed by atoms with E-state index in [2.05, 4.69) is 40.8 Å². The number of aliphatic hydroxyl groups excluding tert-OH is 1. The van der Waals surface area contributed by atoms with Crippen molar-refractivity contribution < 1.29 is 9.53 Å². The summed E-state index contributed by atoms with van der Waals surface area (Å²) < 4.78 is 6.04. The molecule has 0 rings (SSSR count). The molecule has 2 nitrogen and oxygen atoms in total. The fourth-order valence-electron chi connectivity index (χ4n) is 0.871. The highest BCUT2D eigenvalue weighted by Gasteiger charge is 2.37. The third kappa shape index (κ3) is 4.58. The summed E-state index contributed by atoms with van der Waals surface area (Å²) >= 11 is 0. The van der Waals surface area contributed by atoms with Crippen molar-refractivity contribution in [2.45, 2.75) is 52.2 Å². The fourth-order valence-corrected chi connectivity index (χ4v) is 2.01. The summed E-state index contributed by atoms with van der Waals surface area (Å²) in [6.07, 6.45) is 0.842. The first-order chi connectivity index (χ1) is 6.20. The lowest BCUT2D eigenvalue weighted by Crippen LogP contribution is -2.41. The average molecular weight is 218 g/mol. The minimum Gasteiger partial charge on any atom is -0.417 e.